The van der Waals surface area contributed by atoms with Crippen molar-refractivity contribution in [3.8, 4) is 0 Å². The average Bonchev–Trinajstić information content (AvgIpc) is 3.72. The van der Waals surface area contributed by atoms with Crippen LogP contribution in [0.3, 0.4) is 0 Å². The van der Waals surface area contributed by atoms with Gasteiger partial charge in [0.2, 0.25) is 0 Å². The number of epoxide rings is 2. The molecule has 0 aromatic rings. The van der Waals surface area contributed by atoms with Crippen molar-refractivity contribution in [2.24, 2.45) is 11.8 Å². The monoisotopic (exact) mass is 504 g/mol. The summed E-state index contributed by atoms with van der Waals surface area (Å²) in [6, 6.07) is 1.21. The minimum atomic E-state index is -0.311. The normalized spacial score (nSPS) is 43.8. The summed E-state index contributed by atoms with van der Waals surface area (Å²) in [6.07, 6.45) is 7.94. The van der Waals surface area contributed by atoms with E-state index < -0.39 is 0 Å². The third-order valence-corrected chi connectivity index (χ3v) is 9.89. The highest BCUT2D eigenvalue weighted by Crippen LogP contribution is 2.59. The SMILES string of the molecule is CO[C@H]1C([C@@]2(C)O[C@@H]2CC=C(C)C)[C@]2(CC[C@H]1OC(=O)N1CC(CCN3C4CCC3COC4)C1)CO2. The van der Waals surface area contributed by atoms with Crippen LogP contribution >= 0.6 is 0 Å². The molecule has 36 heavy (non-hydrogen) atoms. The van der Waals surface area contributed by atoms with Gasteiger partial charge in [-0.15, -0.1) is 0 Å². The highest BCUT2D eigenvalue weighted by molar-refractivity contribution is 5.69. The molecule has 1 spiro atoms. The summed E-state index contributed by atoms with van der Waals surface area (Å²) in [7, 11) is 1.73. The van der Waals surface area contributed by atoms with E-state index >= 15 is 0 Å². The lowest BCUT2D eigenvalue weighted by Gasteiger charge is -2.45. The van der Waals surface area contributed by atoms with Crippen molar-refractivity contribution in [2.75, 3.05) is 46.6 Å². The molecule has 0 radical (unpaired) electrons. The van der Waals surface area contributed by atoms with Gasteiger partial charge in [-0.2, -0.15) is 0 Å². The van der Waals surface area contributed by atoms with E-state index in [2.05, 4.69) is 31.7 Å². The van der Waals surface area contributed by atoms with Gasteiger partial charge in [0.25, 0.3) is 0 Å². The average molecular weight is 505 g/mol. The first kappa shape index (κ1) is 25.1. The van der Waals surface area contributed by atoms with Gasteiger partial charge in [-0.25, -0.2) is 4.79 Å². The Labute approximate surface area is 215 Å². The van der Waals surface area contributed by atoms with E-state index in [0.717, 1.165) is 65.1 Å². The van der Waals surface area contributed by atoms with Crippen LogP contribution in [0.25, 0.3) is 0 Å². The Bertz CT molecular complexity index is 850. The molecular formula is C28H44N2O6. The molecule has 5 aliphatic heterocycles. The molecule has 8 heteroatoms. The first-order valence-electron chi connectivity index (χ1n) is 14.1. The molecular weight excluding hydrogens is 460 g/mol. The molecule has 8 nitrogen and oxygen atoms in total. The van der Waals surface area contributed by atoms with Crippen molar-refractivity contribution in [1.82, 2.24) is 9.80 Å². The van der Waals surface area contributed by atoms with Crippen LogP contribution in [0, 0.1) is 11.8 Å². The summed E-state index contributed by atoms with van der Waals surface area (Å²) in [6.45, 7) is 11.6. The van der Waals surface area contributed by atoms with Crippen molar-refractivity contribution < 1.29 is 28.5 Å². The second-order valence-electron chi connectivity index (χ2n) is 12.5. The Balaban J connectivity index is 1.01. The smallest absolute Gasteiger partial charge is 0.410 e. The van der Waals surface area contributed by atoms with Gasteiger partial charge in [0.15, 0.2) is 0 Å². The van der Waals surface area contributed by atoms with Crippen LogP contribution in [0.2, 0.25) is 0 Å². The van der Waals surface area contributed by atoms with Crippen molar-refractivity contribution in [3.05, 3.63) is 11.6 Å². The number of carbonyl (C=O) groups is 1. The maximum Gasteiger partial charge on any atom is 0.410 e. The zero-order valence-corrected chi connectivity index (χ0v) is 22.4. The van der Waals surface area contributed by atoms with Gasteiger partial charge in [-0.3, -0.25) is 4.90 Å². The molecule has 2 bridgehead atoms. The first-order chi connectivity index (χ1) is 17.3. The van der Waals surface area contributed by atoms with Gasteiger partial charge >= 0.3 is 6.09 Å². The number of likely N-dealkylation sites (tertiary alicyclic amines) is 1. The summed E-state index contributed by atoms with van der Waals surface area (Å²) in [5, 5.41) is 0. The highest BCUT2D eigenvalue weighted by atomic mass is 16.6. The minimum absolute atomic E-state index is 0.0603. The highest BCUT2D eigenvalue weighted by Gasteiger charge is 2.72. The fraction of sp³-hybridized carbons (Fsp3) is 0.893. The molecule has 6 rings (SSSR count). The van der Waals surface area contributed by atoms with E-state index in [0.29, 0.717) is 18.0 Å². The van der Waals surface area contributed by atoms with Crippen molar-refractivity contribution in [1.29, 1.82) is 0 Å². The topological polar surface area (TPSA) is 76.3 Å². The largest absolute Gasteiger partial charge is 0.443 e. The first-order valence-corrected chi connectivity index (χ1v) is 14.1. The van der Waals surface area contributed by atoms with E-state index in [1.165, 1.54) is 18.4 Å². The van der Waals surface area contributed by atoms with E-state index in [9.17, 15) is 4.79 Å². The van der Waals surface area contributed by atoms with Gasteiger partial charge in [0.1, 0.15) is 23.4 Å². The van der Waals surface area contributed by atoms with E-state index in [-0.39, 0.29) is 41.5 Å². The second-order valence-corrected chi connectivity index (χ2v) is 12.5. The van der Waals surface area contributed by atoms with Crippen LogP contribution in [0.1, 0.15) is 59.3 Å². The number of fused-ring (bicyclic) bond motifs is 2. The lowest BCUT2D eigenvalue weighted by Crippen LogP contribution is -2.58. The standard InChI is InChI=1S/C28H44N2O6/c1-18(2)5-8-23-27(3,36-23)25-24(32-4)22(9-11-28(25)17-34-28)35-26(31)29-13-19(14-29)10-12-30-20-6-7-21(30)16-33-15-20/h5,19-25H,6-17H2,1-4H3/t20?,21?,22-,23-,24-,25?,27+,28+/m1/s1. The maximum absolute atomic E-state index is 13.1. The van der Waals surface area contributed by atoms with Gasteiger partial charge < -0.3 is 28.6 Å². The number of carbonyl (C=O) groups excluding carboxylic acids is 1. The lowest BCUT2D eigenvalue weighted by atomic mass is 9.68. The van der Waals surface area contributed by atoms with Crippen LogP contribution in [-0.4, -0.2) is 104 Å². The molecule has 0 aromatic carbocycles. The number of methoxy groups -OCH3 is 1. The second kappa shape index (κ2) is 9.53. The Morgan fingerprint density at radius 2 is 1.86 bits per heavy atom. The van der Waals surface area contributed by atoms with Crippen LogP contribution in [0.15, 0.2) is 11.6 Å². The van der Waals surface area contributed by atoms with Crippen LogP contribution in [-0.2, 0) is 23.7 Å². The van der Waals surface area contributed by atoms with Gasteiger partial charge in [-0.1, -0.05) is 11.6 Å². The molecule has 0 N–H and O–H groups in total. The van der Waals surface area contributed by atoms with Gasteiger partial charge in [0, 0.05) is 32.3 Å². The molecule has 1 amide bonds. The number of hydrogen-bond acceptors (Lipinski definition) is 7. The molecule has 0 aromatic heterocycles. The van der Waals surface area contributed by atoms with Crippen LogP contribution in [0.5, 0.6) is 0 Å². The predicted octanol–water partition coefficient (Wildman–Crippen LogP) is 3.38. The van der Waals surface area contributed by atoms with Crippen molar-refractivity contribution in [3.63, 3.8) is 0 Å². The van der Waals surface area contributed by atoms with E-state index in [1.54, 1.807) is 7.11 Å². The Kier molecular flexibility index (Phi) is 6.64. The van der Waals surface area contributed by atoms with Gasteiger partial charge in [-0.05, 0) is 71.8 Å². The summed E-state index contributed by atoms with van der Waals surface area (Å²) in [5.41, 5.74) is 0.794. The fourth-order valence-corrected chi connectivity index (χ4v) is 7.59. The number of hydrogen-bond donors (Lipinski definition) is 0. The summed E-state index contributed by atoms with van der Waals surface area (Å²) >= 11 is 0. The molecule has 202 valence electrons. The Morgan fingerprint density at radius 1 is 1.14 bits per heavy atom. The summed E-state index contributed by atoms with van der Waals surface area (Å²) < 4.78 is 30.2. The molecule has 3 unspecified atom stereocenters. The van der Waals surface area contributed by atoms with Crippen LogP contribution in [0.4, 0.5) is 4.79 Å². The minimum Gasteiger partial charge on any atom is -0.443 e. The number of ether oxygens (including phenoxy) is 5. The number of nitrogens with zero attached hydrogens (tertiary/aromatic N) is 2. The maximum atomic E-state index is 13.1. The number of morpholine rings is 1. The van der Waals surface area contributed by atoms with E-state index in [4.69, 9.17) is 23.7 Å². The molecule has 8 atom stereocenters. The quantitative estimate of drug-likeness (QED) is 0.370. The Morgan fingerprint density at radius 3 is 2.50 bits per heavy atom. The van der Waals surface area contributed by atoms with Crippen molar-refractivity contribution >= 4 is 6.09 Å². The predicted molar refractivity (Wildman–Crippen MR) is 134 cm³/mol. The summed E-state index contributed by atoms with van der Waals surface area (Å²) in [5.74, 6) is 0.625. The third-order valence-electron chi connectivity index (χ3n) is 9.89. The molecule has 6 fully saturated rings. The van der Waals surface area contributed by atoms with Crippen LogP contribution < -0.4 is 0 Å². The zero-order chi connectivity index (χ0) is 25.1. The molecule has 5 heterocycles. The fourth-order valence-electron chi connectivity index (χ4n) is 7.59. The Hall–Kier alpha value is -1.19. The molecule has 6 aliphatic rings. The lowest BCUT2D eigenvalue weighted by molar-refractivity contribution is -0.124. The third kappa shape index (κ3) is 4.51. The van der Waals surface area contributed by atoms with Gasteiger partial charge in [0.05, 0.1) is 31.8 Å². The number of allylic oxidation sites excluding steroid dienone is 1. The molecule has 1 saturated carbocycles. The molecule has 1 aliphatic carbocycles. The number of amides is 1. The van der Waals surface area contributed by atoms with E-state index in [1.807, 2.05) is 4.90 Å². The molecule has 5 saturated heterocycles. The van der Waals surface area contributed by atoms with Crippen molar-refractivity contribution in [2.45, 2.75) is 101 Å². The zero-order valence-electron chi connectivity index (χ0n) is 22.4. The summed E-state index contributed by atoms with van der Waals surface area (Å²) in [4.78, 5) is 17.6. The number of rotatable bonds is 8.